The lowest BCUT2D eigenvalue weighted by molar-refractivity contribution is 0.100. The van der Waals surface area contributed by atoms with Gasteiger partial charge in [-0.2, -0.15) is 0 Å². The van der Waals surface area contributed by atoms with E-state index in [0.29, 0.717) is 17.1 Å². The first-order valence-corrected chi connectivity index (χ1v) is 6.63. The van der Waals surface area contributed by atoms with Gasteiger partial charge >= 0.3 is 0 Å². The summed E-state index contributed by atoms with van der Waals surface area (Å²) in [5.41, 5.74) is 7.92. The zero-order valence-corrected chi connectivity index (χ0v) is 11.5. The van der Waals surface area contributed by atoms with Crippen LogP contribution in [-0.4, -0.2) is 15.9 Å². The van der Waals surface area contributed by atoms with Crippen LogP contribution in [0.4, 0.5) is 4.39 Å². The fourth-order valence-electron chi connectivity index (χ4n) is 2.06. The molecule has 0 bridgehead atoms. The van der Waals surface area contributed by atoms with Crippen LogP contribution in [0.3, 0.4) is 0 Å². The molecule has 4 nitrogen and oxygen atoms in total. The lowest BCUT2D eigenvalue weighted by atomic mass is 10.1. The van der Waals surface area contributed by atoms with Crippen LogP contribution in [0.1, 0.15) is 10.4 Å². The fraction of sp³-hybridized carbons (Fsp3) is 0. The molecular formula is C17H12FN3O. The van der Waals surface area contributed by atoms with Crippen LogP contribution in [0.15, 0.2) is 60.8 Å². The average molecular weight is 293 g/mol. The summed E-state index contributed by atoms with van der Waals surface area (Å²) in [6, 6.07) is 14.6. The molecule has 0 fully saturated rings. The highest BCUT2D eigenvalue weighted by Crippen LogP contribution is 2.21. The van der Waals surface area contributed by atoms with Crippen molar-refractivity contribution in [1.82, 2.24) is 9.97 Å². The van der Waals surface area contributed by atoms with Crippen LogP contribution in [0.2, 0.25) is 0 Å². The van der Waals surface area contributed by atoms with E-state index in [1.54, 1.807) is 48.7 Å². The van der Waals surface area contributed by atoms with Crippen LogP contribution >= 0.6 is 0 Å². The van der Waals surface area contributed by atoms with Crippen LogP contribution in [-0.2, 0) is 0 Å². The van der Waals surface area contributed by atoms with E-state index < -0.39 is 5.91 Å². The first-order valence-electron chi connectivity index (χ1n) is 6.63. The average Bonchev–Trinajstić information content (AvgIpc) is 2.56. The normalized spacial score (nSPS) is 10.4. The van der Waals surface area contributed by atoms with Crippen molar-refractivity contribution in [1.29, 1.82) is 0 Å². The second kappa shape index (κ2) is 5.73. The van der Waals surface area contributed by atoms with Gasteiger partial charge in [0.25, 0.3) is 0 Å². The standard InChI is InChI=1S/C17H12FN3O/c18-14-7-5-11(6-8-14)15-9-10-20-17(21-15)13-3-1-12(2-4-13)16(19)22/h1-10H,(H2,19,22). The molecular weight excluding hydrogens is 281 g/mol. The molecule has 3 aromatic rings. The topological polar surface area (TPSA) is 68.9 Å². The Balaban J connectivity index is 1.97. The molecule has 2 aromatic carbocycles. The van der Waals surface area contributed by atoms with Gasteiger partial charge in [0, 0.05) is 22.9 Å². The number of carbonyl (C=O) groups excluding carboxylic acids is 1. The summed E-state index contributed by atoms with van der Waals surface area (Å²) in [6.45, 7) is 0. The van der Waals surface area contributed by atoms with E-state index in [0.717, 1.165) is 11.1 Å². The van der Waals surface area contributed by atoms with Crippen molar-refractivity contribution in [2.45, 2.75) is 0 Å². The molecule has 5 heteroatoms. The molecule has 0 aliphatic heterocycles. The highest BCUT2D eigenvalue weighted by molar-refractivity contribution is 5.93. The minimum absolute atomic E-state index is 0.292. The lowest BCUT2D eigenvalue weighted by Gasteiger charge is -2.05. The van der Waals surface area contributed by atoms with Gasteiger partial charge in [0.15, 0.2) is 5.82 Å². The summed E-state index contributed by atoms with van der Waals surface area (Å²) in [6.07, 6.45) is 1.64. The van der Waals surface area contributed by atoms with Gasteiger partial charge in [-0.3, -0.25) is 4.79 Å². The van der Waals surface area contributed by atoms with Crippen molar-refractivity contribution in [3.05, 3.63) is 72.2 Å². The smallest absolute Gasteiger partial charge is 0.248 e. The number of hydrogen-bond acceptors (Lipinski definition) is 3. The lowest BCUT2D eigenvalue weighted by Crippen LogP contribution is -2.10. The Labute approximate surface area is 126 Å². The number of benzene rings is 2. The third-order valence-electron chi connectivity index (χ3n) is 3.22. The molecule has 0 atom stereocenters. The van der Waals surface area contributed by atoms with E-state index in [-0.39, 0.29) is 5.82 Å². The van der Waals surface area contributed by atoms with Crippen LogP contribution < -0.4 is 5.73 Å². The Morgan fingerprint density at radius 2 is 1.55 bits per heavy atom. The van der Waals surface area contributed by atoms with Crippen molar-refractivity contribution < 1.29 is 9.18 Å². The van der Waals surface area contributed by atoms with Crippen molar-refractivity contribution in [2.24, 2.45) is 5.73 Å². The predicted molar refractivity (Wildman–Crippen MR) is 81.4 cm³/mol. The molecule has 22 heavy (non-hydrogen) atoms. The zero-order valence-electron chi connectivity index (χ0n) is 11.5. The second-order valence-electron chi connectivity index (χ2n) is 4.71. The summed E-state index contributed by atoms with van der Waals surface area (Å²) in [7, 11) is 0. The van der Waals surface area contributed by atoms with Crippen molar-refractivity contribution in [3.63, 3.8) is 0 Å². The summed E-state index contributed by atoms with van der Waals surface area (Å²) in [5.74, 6) is -0.245. The maximum Gasteiger partial charge on any atom is 0.248 e. The second-order valence-corrected chi connectivity index (χ2v) is 4.71. The highest BCUT2D eigenvalue weighted by Gasteiger charge is 2.06. The Hall–Kier alpha value is -3.08. The number of rotatable bonds is 3. The first-order chi connectivity index (χ1) is 10.6. The maximum absolute atomic E-state index is 13.0. The van der Waals surface area contributed by atoms with Gasteiger partial charge in [-0.1, -0.05) is 12.1 Å². The van der Waals surface area contributed by atoms with Crippen LogP contribution in [0.25, 0.3) is 22.6 Å². The van der Waals surface area contributed by atoms with Crippen LogP contribution in [0.5, 0.6) is 0 Å². The number of halogens is 1. The maximum atomic E-state index is 13.0. The summed E-state index contributed by atoms with van der Waals surface area (Å²) < 4.78 is 13.0. The zero-order chi connectivity index (χ0) is 15.5. The number of nitrogens with zero attached hydrogens (tertiary/aromatic N) is 2. The highest BCUT2D eigenvalue weighted by atomic mass is 19.1. The van der Waals surface area contributed by atoms with Crippen molar-refractivity contribution in [2.75, 3.05) is 0 Å². The minimum atomic E-state index is -0.479. The number of carbonyl (C=O) groups is 1. The molecule has 0 unspecified atom stereocenters. The predicted octanol–water partition coefficient (Wildman–Crippen LogP) is 3.05. The largest absolute Gasteiger partial charge is 0.366 e. The molecule has 0 saturated carbocycles. The number of amides is 1. The molecule has 0 spiro atoms. The molecule has 108 valence electrons. The van der Waals surface area contributed by atoms with Gasteiger partial charge < -0.3 is 5.73 Å². The van der Waals surface area contributed by atoms with E-state index in [9.17, 15) is 9.18 Å². The molecule has 1 aromatic heterocycles. The van der Waals surface area contributed by atoms with Crippen molar-refractivity contribution >= 4 is 5.91 Å². The van der Waals surface area contributed by atoms with E-state index >= 15 is 0 Å². The molecule has 0 aliphatic carbocycles. The van der Waals surface area contributed by atoms with Gasteiger partial charge in [0.1, 0.15) is 5.82 Å². The van der Waals surface area contributed by atoms with Gasteiger partial charge in [0.2, 0.25) is 5.91 Å². The number of nitrogens with two attached hydrogens (primary N) is 1. The third-order valence-corrected chi connectivity index (χ3v) is 3.22. The van der Waals surface area contributed by atoms with Gasteiger partial charge in [-0.05, 0) is 42.5 Å². The minimum Gasteiger partial charge on any atom is -0.366 e. The van der Waals surface area contributed by atoms with Crippen LogP contribution in [0, 0.1) is 5.82 Å². The Kier molecular flexibility index (Phi) is 3.62. The number of primary amides is 1. The Bertz CT molecular complexity index is 814. The molecule has 0 saturated heterocycles. The Morgan fingerprint density at radius 3 is 2.18 bits per heavy atom. The quantitative estimate of drug-likeness (QED) is 0.807. The van der Waals surface area contributed by atoms with E-state index in [1.807, 2.05) is 0 Å². The number of hydrogen-bond donors (Lipinski definition) is 1. The SMILES string of the molecule is NC(=O)c1ccc(-c2nccc(-c3ccc(F)cc3)n2)cc1. The molecule has 0 radical (unpaired) electrons. The van der Waals surface area contributed by atoms with E-state index in [1.165, 1.54) is 12.1 Å². The summed E-state index contributed by atoms with van der Waals surface area (Å²) in [5, 5.41) is 0. The molecule has 0 aliphatic rings. The van der Waals surface area contributed by atoms with E-state index in [4.69, 9.17) is 5.73 Å². The summed E-state index contributed by atoms with van der Waals surface area (Å²) in [4.78, 5) is 19.8. The molecule has 1 heterocycles. The van der Waals surface area contributed by atoms with Crippen molar-refractivity contribution in [3.8, 4) is 22.6 Å². The van der Waals surface area contributed by atoms with Gasteiger partial charge in [-0.15, -0.1) is 0 Å². The fourth-order valence-corrected chi connectivity index (χ4v) is 2.06. The Morgan fingerprint density at radius 1 is 0.909 bits per heavy atom. The molecule has 3 rings (SSSR count). The van der Waals surface area contributed by atoms with E-state index in [2.05, 4.69) is 9.97 Å². The monoisotopic (exact) mass is 293 g/mol. The van der Waals surface area contributed by atoms with Gasteiger partial charge in [-0.25, -0.2) is 14.4 Å². The number of aromatic nitrogens is 2. The first kappa shape index (κ1) is 13.9. The summed E-state index contributed by atoms with van der Waals surface area (Å²) >= 11 is 0. The molecule has 2 N–H and O–H groups in total. The molecule has 1 amide bonds. The van der Waals surface area contributed by atoms with Gasteiger partial charge in [0.05, 0.1) is 5.69 Å². The third kappa shape index (κ3) is 2.83.